The SMILES string of the molecule is C=CC(C)[C@H]1CCC2C3C(CC[C@@]21C)[C@@]1(C)CCC(OC)(OC)C[C@@H]1C[C@H]3OC. The second-order valence-electron chi connectivity index (χ2n) is 11.3. The van der Waals surface area contributed by atoms with Gasteiger partial charge in [-0.1, -0.05) is 26.8 Å². The Kier molecular flexibility index (Phi) is 5.75. The second-order valence-corrected chi connectivity index (χ2v) is 11.3. The van der Waals surface area contributed by atoms with Crippen molar-refractivity contribution in [2.24, 2.45) is 46.3 Å². The third-order valence-electron chi connectivity index (χ3n) is 10.8. The van der Waals surface area contributed by atoms with E-state index in [4.69, 9.17) is 14.2 Å². The van der Waals surface area contributed by atoms with E-state index in [1.165, 1.54) is 32.1 Å². The summed E-state index contributed by atoms with van der Waals surface area (Å²) >= 11 is 0. The number of fused-ring (bicyclic) bond motifs is 5. The van der Waals surface area contributed by atoms with Gasteiger partial charge in [-0.2, -0.15) is 0 Å². The minimum absolute atomic E-state index is 0.380. The fraction of sp³-hybridized carbons (Fsp3) is 0.923. The molecule has 0 bridgehead atoms. The van der Waals surface area contributed by atoms with E-state index in [0.29, 0.717) is 34.7 Å². The monoisotopic (exact) mass is 404 g/mol. The van der Waals surface area contributed by atoms with Crippen molar-refractivity contribution in [3.63, 3.8) is 0 Å². The van der Waals surface area contributed by atoms with Gasteiger partial charge in [0.1, 0.15) is 0 Å². The van der Waals surface area contributed by atoms with Crippen LogP contribution in [0.4, 0.5) is 0 Å². The van der Waals surface area contributed by atoms with Crippen LogP contribution in [-0.4, -0.2) is 33.2 Å². The highest BCUT2D eigenvalue weighted by molar-refractivity contribution is 5.13. The molecular formula is C26H44O3. The summed E-state index contributed by atoms with van der Waals surface area (Å²) in [5, 5.41) is 0. The first kappa shape index (κ1) is 21.8. The van der Waals surface area contributed by atoms with E-state index in [9.17, 15) is 0 Å². The molecule has 4 rings (SSSR count). The molecule has 29 heavy (non-hydrogen) atoms. The quantitative estimate of drug-likeness (QED) is 0.410. The number of rotatable bonds is 5. The summed E-state index contributed by atoms with van der Waals surface area (Å²) in [6.07, 6.45) is 12.5. The summed E-state index contributed by atoms with van der Waals surface area (Å²) in [7, 11) is 5.59. The standard InChI is InChI=1S/C26H44O3/c1-8-17(2)19-9-10-20-23-21(11-12-25(19,20)4)24(3)13-14-26(28-6,29-7)16-18(24)15-22(23)27-5/h8,17-23H,1,9-16H2,2-7H3/t17?,18-,19+,20?,21?,22+,23?,24-,25+/m0/s1. The highest BCUT2D eigenvalue weighted by Crippen LogP contribution is 2.69. The van der Waals surface area contributed by atoms with Gasteiger partial charge in [-0.15, -0.1) is 6.58 Å². The van der Waals surface area contributed by atoms with E-state index in [-0.39, 0.29) is 0 Å². The predicted molar refractivity (Wildman–Crippen MR) is 118 cm³/mol. The summed E-state index contributed by atoms with van der Waals surface area (Å²) < 4.78 is 18.0. The maximum Gasteiger partial charge on any atom is 0.167 e. The molecule has 9 atom stereocenters. The first-order valence-electron chi connectivity index (χ1n) is 12.0. The number of hydrogen-bond donors (Lipinski definition) is 0. The first-order valence-corrected chi connectivity index (χ1v) is 12.0. The maximum absolute atomic E-state index is 6.26. The van der Waals surface area contributed by atoms with E-state index in [2.05, 4.69) is 33.4 Å². The molecule has 0 aromatic carbocycles. The second kappa shape index (κ2) is 7.64. The first-order chi connectivity index (χ1) is 13.8. The molecule has 4 unspecified atom stereocenters. The lowest BCUT2D eigenvalue weighted by atomic mass is 9.43. The van der Waals surface area contributed by atoms with Crippen LogP contribution >= 0.6 is 0 Å². The van der Waals surface area contributed by atoms with Crippen LogP contribution in [0.2, 0.25) is 0 Å². The van der Waals surface area contributed by atoms with E-state index < -0.39 is 5.79 Å². The molecule has 0 spiro atoms. The highest BCUT2D eigenvalue weighted by Gasteiger charge is 2.64. The van der Waals surface area contributed by atoms with Gasteiger partial charge in [-0.3, -0.25) is 0 Å². The maximum atomic E-state index is 6.26. The van der Waals surface area contributed by atoms with Crippen LogP contribution in [0.25, 0.3) is 0 Å². The van der Waals surface area contributed by atoms with Crippen LogP contribution in [0.3, 0.4) is 0 Å². The van der Waals surface area contributed by atoms with Gasteiger partial charge in [0.15, 0.2) is 5.79 Å². The average Bonchev–Trinajstić information content (AvgIpc) is 3.09. The van der Waals surface area contributed by atoms with Crippen molar-refractivity contribution in [2.45, 2.75) is 84.0 Å². The molecule has 0 N–H and O–H groups in total. The molecule has 4 saturated carbocycles. The Bertz CT molecular complexity index is 613. The highest BCUT2D eigenvalue weighted by atomic mass is 16.7. The summed E-state index contributed by atoms with van der Waals surface area (Å²) in [5.41, 5.74) is 0.843. The Labute approximate surface area is 178 Å². The zero-order valence-corrected chi connectivity index (χ0v) is 19.7. The Balaban J connectivity index is 1.65. The Morgan fingerprint density at radius 2 is 1.62 bits per heavy atom. The molecule has 166 valence electrons. The van der Waals surface area contributed by atoms with Crippen LogP contribution in [-0.2, 0) is 14.2 Å². The molecule has 0 radical (unpaired) electrons. The van der Waals surface area contributed by atoms with Crippen molar-refractivity contribution < 1.29 is 14.2 Å². The minimum atomic E-state index is -0.393. The van der Waals surface area contributed by atoms with Crippen molar-refractivity contribution in [1.29, 1.82) is 0 Å². The molecule has 3 nitrogen and oxygen atoms in total. The van der Waals surface area contributed by atoms with Gasteiger partial charge in [0, 0.05) is 34.2 Å². The molecule has 0 aromatic heterocycles. The van der Waals surface area contributed by atoms with E-state index >= 15 is 0 Å². The Hall–Kier alpha value is -0.380. The summed E-state index contributed by atoms with van der Waals surface area (Å²) in [6, 6.07) is 0. The molecule has 0 amide bonds. The van der Waals surface area contributed by atoms with Gasteiger partial charge >= 0.3 is 0 Å². The van der Waals surface area contributed by atoms with Crippen molar-refractivity contribution in [3.05, 3.63) is 12.7 Å². The van der Waals surface area contributed by atoms with Crippen LogP contribution in [0.5, 0.6) is 0 Å². The molecule has 4 fully saturated rings. The van der Waals surface area contributed by atoms with Crippen molar-refractivity contribution in [2.75, 3.05) is 21.3 Å². The number of methoxy groups -OCH3 is 3. The van der Waals surface area contributed by atoms with Crippen LogP contribution in [0.15, 0.2) is 12.7 Å². The fourth-order valence-electron chi connectivity index (χ4n) is 8.91. The summed E-state index contributed by atoms with van der Waals surface area (Å²) in [4.78, 5) is 0. The van der Waals surface area contributed by atoms with Gasteiger partial charge in [-0.25, -0.2) is 0 Å². The molecule has 4 aliphatic carbocycles. The van der Waals surface area contributed by atoms with Crippen LogP contribution < -0.4 is 0 Å². The third kappa shape index (κ3) is 3.09. The Morgan fingerprint density at radius 1 is 0.931 bits per heavy atom. The average molecular weight is 405 g/mol. The zero-order valence-electron chi connectivity index (χ0n) is 19.7. The van der Waals surface area contributed by atoms with Crippen molar-refractivity contribution in [3.8, 4) is 0 Å². The van der Waals surface area contributed by atoms with Gasteiger partial charge in [-0.05, 0) is 84.9 Å². The Morgan fingerprint density at radius 3 is 2.24 bits per heavy atom. The lowest BCUT2D eigenvalue weighted by Crippen LogP contribution is -2.60. The third-order valence-corrected chi connectivity index (χ3v) is 10.8. The van der Waals surface area contributed by atoms with E-state index in [1.807, 2.05) is 21.3 Å². The van der Waals surface area contributed by atoms with Crippen molar-refractivity contribution in [1.82, 2.24) is 0 Å². The van der Waals surface area contributed by atoms with Crippen LogP contribution in [0.1, 0.15) is 72.1 Å². The molecule has 4 aliphatic rings. The predicted octanol–water partition coefficient (Wildman–Crippen LogP) is 6.08. The topological polar surface area (TPSA) is 27.7 Å². The zero-order chi connectivity index (χ0) is 21.0. The smallest absolute Gasteiger partial charge is 0.167 e. The number of ether oxygens (including phenoxy) is 3. The molecule has 0 aromatic rings. The van der Waals surface area contributed by atoms with Crippen molar-refractivity contribution >= 4 is 0 Å². The molecular weight excluding hydrogens is 360 g/mol. The number of hydrogen-bond acceptors (Lipinski definition) is 3. The molecule has 0 heterocycles. The van der Waals surface area contributed by atoms with Gasteiger partial charge in [0.2, 0.25) is 0 Å². The van der Waals surface area contributed by atoms with Gasteiger partial charge < -0.3 is 14.2 Å². The molecule has 0 saturated heterocycles. The van der Waals surface area contributed by atoms with Gasteiger partial charge in [0.25, 0.3) is 0 Å². The largest absolute Gasteiger partial charge is 0.381 e. The van der Waals surface area contributed by atoms with Gasteiger partial charge in [0.05, 0.1) is 6.10 Å². The minimum Gasteiger partial charge on any atom is -0.381 e. The van der Waals surface area contributed by atoms with E-state index in [1.54, 1.807) is 0 Å². The van der Waals surface area contributed by atoms with Crippen LogP contribution in [0, 0.1) is 46.3 Å². The molecule has 3 heteroatoms. The summed E-state index contributed by atoms with van der Waals surface area (Å²) in [5.74, 6) is 3.91. The number of allylic oxidation sites excluding steroid dienone is 1. The lowest BCUT2D eigenvalue weighted by molar-refractivity contribution is -0.271. The summed E-state index contributed by atoms with van der Waals surface area (Å²) in [6.45, 7) is 11.7. The fourth-order valence-corrected chi connectivity index (χ4v) is 8.91. The molecule has 0 aliphatic heterocycles. The van der Waals surface area contributed by atoms with E-state index in [0.717, 1.165) is 37.0 Å². The lowest BCUT2D eigenvalue weighted by Gasteiger charge is -2.64. The normalized spacial score (nSPS) is 49.6.